The number of aliphatic hydroxyl groups is 1. The second-order valence-electron chi connectivity index (χ2n) is 5.51. The van der Waals surface area contributed by atoms with E-state index in [0.29, 0.717) is 12.3 Å². The van der Waals surface area contributed by atoms with Crippen LogP contribution in [-0.2, 0) is 9.53 Å². The van der Waals surface area contributed by atoms with E-state index >= 15 is 0 Å². The van der Waals surface area contributed by atoms with Crippen molar-refractivity contribution < 1.29 is 14.6 Å². The Morgan fingerprint density at radius 2 is 2.12 bits per heavy atom. The zero-order chi connectivity index (χ0) is 12.4. The van der Waals surface area contributed by atoms with Gasteiger partial charge in [-0.3, -0.25) is 0 Å². The Bertz CT molecular complexity index is 294. The summed E-state index contributed by atoms with van der Waals surface area (Å²) in [6.07, 6.45) is 5.74. The van der Waals surface area contributed by atoms with Gasteiger partial charge in [0.1, 0.15) is 0 Å². The Morgan fingerprint density at radius 3 is 2.69 bits per heavy atom. The molecule has 3 heteroatoms. The molecule has 0 aliphatic heterocycles. The van der Waals surface area contributed by atoms with Crippen LogP contribution in [0, 0.1) is 11.3 Å². The van der Waals surface area contributed by atoms with Crippen LogP contribution in [0.3, 0.4) is 0 Å². The van der Waals surface area contributed by atoms with E-state index in [2.05, 4.69) is 11.7 Å². The largest absolute Gasteiger partial charge is 0.466 e. The molecule has 1 fully saturated rings. The monoisotopic (exact) mass is 226 g/mol. The zero-order valence-corrected chi connectivity index (χ0v) is 10.6. The van der Waals surface area contributed by atoms with E-state index in [0.717, 1.165) is 12.8 Å². The van der Waals surface area contributed by atoms with Crippen LogP contribution in [0.15, 0.2) is 12.2 Å². The third kappa shape index (κ3) is 2.64. The number of ether oxygens (including phenoxy) is 1. The van der Waals surface area contributed by atoms with Gasteiger partial charge in [-0.15, -0.1) is 0 Å². The highest BCUT2D eigenvalue weighted by molar-refractivity contribution is 5.82. The van der Waals surface area contributed by atoms with Crippen molar-refractivity contribution in [2.75, 3.05) is 7.11 Å². The van der Waals surface area contributed by atoms with Crippen molar-refractivity contribution >= 4 is 5.97 Å². The first-order chi connectivity index (χ1) is 7.31. The smallest absolute Gasteiger partial charge is 0.330 e. The number of hydrogen-bond donors (Lipinski definition) is 1. The van der Waals surface area contributed by atoms with Crippen LogP contribution in [0.1, 0.15) is 40.0 Å². The number of hydrogen-bond acceptors (Lipinski definition) is 3. The molecule has 92 valence electrons. The Kier molecular flexibility index (Phi) is 3.79. The van der Waals surface area contributed by atoms with Crippen molar-refractivity contribution in [1.82, 2.24) is 0 Å². The van der Waals surface area contributed by atoms with Crippen LogP contribution in [0.5, 0.6) is 0 Å². The fourth-order valence-electron chi connectivity index (χ4n) is 2.30. The van der Waals surface area contributed by atoms with E-state index in [4.69, 9.17) is 0 Å². The molecule has 3 nitrogen and oxygen atoms in total. The third-order valence-corrected chi connectivity index (χ3v) is 3.79. The summed E-state index contributed by atoms with van der Waals surface area (Å²) in [7, 11) is 1.34. The molecule has 1 aliphatic rings. The molecule has 0 aromatic rings. The minimum absolute atomic E-state index is 0.190. The number of carbonyl (C=O) groups excluding carboxylic acids is 1. The second kappa shape index (κ2) is 4.58. The molecule has 0 radical (unpaired) electrons. The molecule has 1 aliphatic carbocycles. The molecule has 0 amide bonds. The molecule has 1 rings (SSSR count). The lowest BCUT2D eigenvalue weighted by Crippen LogP contribution is -2.47. The third-order valence-electron chi connectivity index (χ3n) is 3.79. The molecule has 0 saturated heterocycles. The summed E-state index contributed by atoms with van der Waals surface area (Å²) < 4.78 is 4.54. The summed E-state index contributed by atoms with van der Waals surface area (Å²) in [4.78, 5) is 11.1. The van der Waals surface area contributed by atoms with Crippen LogP contribution in [-0.4, -0.2) is 23.8 Å². The SMILES string of the molecule is COC(=O)/C=C/C1(O)CC(C)CCC1(C)C. The minimum atomic E-state index is -0.904. The summed E-state index contributed by atoms with van der Waals surface area (Å²) in [5, 5.41) is 10.6. The van der Waals surface area contributed by atoms with Gasteiger partial charge in [-0.25, -0.2) is 4.79 Å². The highest BCUT2D eigenvalue weighted by Crippen LogP contribution is 2.46. The van der Waals surface area contributed by atoms with Gasteiger partial charge in [0, 0.05) is 6.08 Å². The quantitative estimate of drug-likeness (QED) is 0.580. The summed E-state index contributed by atoms with van der Waals surface area (Å²) >= 11 is 0. The standard InChI is InChI=1S/C13H22O3/c1-10-5-7-12(2,3)13(15,9-10)8-6-11(14)16-4/h6,8,10,15H,5,7,9H2,1-4H3/b8-6+. The topological polar surface area (TPSA) is 46.5 Å². The van der Waals surface area contributed by atoms with Crippen LogP contribution in [0.2, 0.25) is 0 Å². The lowest BCUT2D eigenvalue weighted by Gasteiger charge is -2.47. The van der Waals surface area contributed by atoms with Gasteiger partial charge >= 0.3 is 5.97 Å². The molecule has 0 aromatic heterocycles. The Balaban J connectivity index is 2.86. The second-order valence-corrected chi connectivity index (χ2v) is 5.51. The molecule has 2 atom stereocenters. The van der Waals surface area contributed by atoms with Crippen LogP contribution in [0.4, 0.5) is 0 Å². The van der Waals surface area contributed by atoms with Crippen molar-refractivity contribution in [2.45, 2.75) is 45.6 Å². The van der Waals surface area contributed by atoms with Crippen LogP contribution >= 0.6 is 0 Å². The lowest BCUT2D eigenvalue weighted by atomic mass is 9.62. The van der Waals surface area contributed by atoms with Crippen molar-refractivity contribution in [3.05, 3.63) is 12.2 Å². The zero-order valence-electron chi connectivity index (χ0n) is 10.6. The van der Waals surface area contributed by atoms with Gasteiger partial charge < -0.3 is 9.84 Å². The van der Waals surface area contributed by atoms with Gasteiger partial charge in [-0.1, -0.05) is 20.8 Å². The molecular weight excluding hydrogens is 204 g/mol. The molecular formula is C13H22O3. The summed E-state index contributed by atoms with van der Waals surface area (Å²) in [6, 6.07) is 0. The van der Waals surface area contributed by atoms with Gasteiger partial charge in [0.15, 0.2) is 0 Å². The maximum atomic E-state index is 11.1. The number of rotatable bonds is 2. The average Bonchev–Trinajstić information content (AvgIpc) is 2.21. The van der Waals surface area contributed by atoms with Gasteiger partial charge in [0.05, 0.1) is 12.7 Å². The van der Waals surface area contributed by atoms with E-state index in [9.17, 15) is 9.90 Å². The van der Waals surface area contributed by atoms with Crippen LogP contribution in [0.25, 0.3) is 0 Å². The van der Waals surface area contributed by atoms with Gasteiger partial charge in [0.2, 0.25) is 0 Å². The van der Waals surface area contributed by atoms with E-state index < -0.39 is 11.6 Å². The van der Waals surface area contributed by atoms with E-state index in [1.54, 1.807) is 6.08 Å². The maximum Gasteiger partial charge on any atom is 0.330 e. The van der Waals surface area contributed by atoms with Crippen molar-refractivity contribution in [3.8, 4) is 0 Å². The first-order valence-corrected chi connectivity index (χ1v) is 5.80. The highest BCUT2D eigenvalue weighted by atomic mass is 16.5. The first-order valence-electron chi connectivity index (χ1n) is 5.80. The van der Waals surface area contributed by atoms with E-state index in [1.807, 2.05) is 13.8 Å². The lowest BCUT2D eigenvalue weighted by molar-refractivity contribution is -0.135. The fourth-order valence-corrected chi connectivity index (χ4v) is 2.30. The molecule has 2 unspecified atom stereocenters. The Labute approximate surface area is 97.5 Å². The normalized spacial score (nSPS) is 33.9. The van der Waals surface area contributed by atoms with Gasteiger partial charge in [-0.05, 0) is 36.7 Å². The molecule has 1 saturated carbocycles. The van der Waals surface area contributed by atoms with E-state index in [1.165, 1.54) is 13.2 Å². The fraction of sp³-hybridized carbons (Fsp3) is 0.769. The van der Waals surface area contributed by atoms with Crippen molar-refractivity contribution in [2.24, 2.45) is 11.3 Å². The number of esters is 1. The van der Waals surface area contributed by atoms with Gasteiger partial charge in [-0.2, -0.15) is 0 Å². The molecule has 0 heterocycles. The summed E-state index contributed by atoms with van der Waals surface area (Å²) in [5.41, 5.74) is -1.09. The predicted molar refractivity (Wildman–Crippen MR) is 62.9 cm³/mol. The summed E-state index contributed by atoms with van der Waals surface area (Å²) in [6.45, 7) is 6.22. The van der Waals surface area contributed by atoms with Crippen LogP contribution < -0.4 is 0 Å². The van der Waals surface area contributed by atoms with Crippen molar-refractivity contribution in [3.63, 3.8) is 0 Å². The number of carbonyl (C=O) groups is 1. The molecule has 0 aromatic carbocycles. The Hall–Kier alpha value is -0.830. The predicted octanol–water partition coefficient (Wildman–Crippen LogP) is 2.29. The molecule has 0 spiro atoms. The summed E-state index contributed by atoms with van der Waals surface area (Å²) in [5.74, 6) is 0.0720. The van der Waals surface area contributed by atoms with Gasteiger partial charge in [0.25, 0.3) is 0 Å². The molecule has 1 N–H and O–H groups in total. The highest BCUT2D eigenvalue weighted by Gasteiger charge is 2.45. The number of methoxy groups -OCH3 is 1. The van der Waals surface area contributed by atoms with E-state index in [-0.39, 0.29) is 5.41 Å². The molecule has 0 bridgehead atoms. The molecule has 16 heavy (non-hydrogen) atoms. The minimum Gasteiger partial charge on any atom is -0.466 e. The first kappa shape index (κ1) is 13.2. The van der Waals surface area contributed by atoms with Crippen molar-refractivity contribution in [1.29, 1.82) is 0 Å². The average molecular weight is 226 g/mol. The Morgan fingerprint density at radius 1 is 1.50 bits per heavy atom. The maximum absolute atomic E-state index is 11.1.